The van der Waals surface area contributed by atoms with Gasteiger partial charge in [-0.25, -0.2) is 8.42 Å². The van der Waals surface area contributed by atoms with Crippen molar-refractivity contribution in [2.45, 2.75) is 44.8 Å². The molecule has 1 saturated heterocycles. The van der Waals surface area contributed by atoms with Crippen LogP contribution in [0.1, 0.15) is 44.6 Å². The van der Waals surface area contributed by atoms with Crippen molar-refractivity contribution >= 4 is 37.6 Å². The lowest BCUT2D eigenvalue weighted by molar-refractivity contribution is -0.133. The zero-order valence-corrected chi connectivity index (χ0v) is 18.7. The number of nitrogens with zero attached hydrogens (tertiary/aromatic N) is 1. The molecule has 28 heavy (non-hydrogen) atoms. The molecule has 1 aromatic rings. The Bertz CT molecular complexity index is 757. The van der Waals surface area contributed by atoms with Crippen molar-refractivity contribution in [3.63, 3.8) is 0 Å². The van der Waals surface area contributed by atoms with Gasteiger partial charge in [0.25, 0.3) is 0 Å². The molecule has 0 spiro atoms. The molecule has 1 aliphatic heterocycles. The van der Waals surface area contributed by atoms with Gasteiger partial charge in [0.2, 0.25) is 11.8 Å². The Labute approximate surface area is 176 Å². The van der Waals surface area contributed by atoms with Gasteiger partial charge in [0.1, 0.15) is 5.75 Å². The first-order valence-corrected chi connectivity index (χ1v) is 12.4. The summed E-state index contributed by atoms with van der Waals surface area (Å²) >= 11 is 3.31. The van der Waals surface area contributed by atoms with Crippen LogP contribution in [0.15, 0.2) is 28.7 Å². The highest BCUT2D eigenvalue weighted by atomic mass is 79.9. The number of benzene rings is 1. The van der Waals surface area contributed by atoms with Crippen molar-refractivity contribution in [2.75, 3.05) is 25.4 Å². The number of likely N-dealkylation sites (tertiary alicyclic amines) is 1. The van der Waals surface area contributed by atoms with Gasteiger partial charge in [-0.05, 0) is 37.0 Å². The molecule has 0 atom stereocenters. The van der Waals surface area contributed by atoms with Crippen LogP contribution in [-0.4, -0.2) is 50.5 Å². The highest BCUT2D eigenvalue weighted by molar-refractivity contribution is 9.10. The molecule has 1 aliphatic rings. The summed E-state index contributed by atoms with van der Waals surface area (Å²) in [6.07, 6.45) is 4.36. The number of rotatable bonds is 9. The Hall–Kier alpha value is -1.41. The first-order chi connectivity index (χ1) is 13.3. The summed E-state index contributed by atoms with van der Waals surface area (Å²) in [5, 5.41) is 2.96. The number of carbonyl (C=O) groups excluding carboxylic acids is 2. The molecule has 1 heterocycles. The second kappa shape index (κ2) is 11.0. The molecule has 0 saturated carbocycles. The summed E-state index contributed by atoms with van der Waals surface area (Å²) in [7, 11) is -3.53. The average molecular weight is 473 g/mol. The molecule has 0 aromatic heterocycles. The second-order valence-electron chi connectivity index (χ2n) is 7.31. The molecule has 1 fully saturated rings. The summed E-state index contributed by atoms with van der Waals surface area (Å²) in [6.45, 7) is 3.67. The maximum Gasteiger partial charge on any atom is 0.237 e. The summed E-state index contributed by atoms with van der Waals surface area (Å²) in [6, 6.07) is 7.03. The molecule has 0 unspecified atom stereocenters. The van der Waals surface area contributed by atoms with E-state index in [0.717, 1.165) is 23.7 Å². The monoisotopic (exact) mass is 472 g/mol. The number of halogens is 1. The Morgan fingerprint density at radius 3 is 2.39 bits per heavy atom. The Morgan fingerprint density at radius 2 is 1.79 bits per heavy atom. The van der Waals surface area contributed by atoms with Crippen molar-refractivity contribution in [1.29, 1.82) is 0 Å². The molecule has 8 heteroatoms. The van der Waals surface area contributed by atoms with E-state index < -0.39 is 15.6 Å². The minimum absolute atomic E-state index is 0.0473. The molecular weight excluding hydrogens is 444 g/mol. The lowest BCUT2D eigenvalue weighted by Gasteiger charge is -2.31. The molecule has 0 radical (unpaired) electrons. The molecule has 0 bridgehead atoms. The van der Waals surface area contributed by atoms with E-state index in [2.05, 4.69) is 28.2 Å². The van der Waals surface area contributed by atoms with Crippen LogP contribution in [0.3, 0.4) is 0 Å². The van der Waals surface area contributed by atoms with Crippen molar-refractivity contribution in [3.8, 4) is 0 Å². The van der Waals surface area contributed by atoms with Crippen LogP contribution in [0.4, 0.5) is 0 Å². The third-order valence-corrected chi connectivity index (χ3v) is 6.93. The lowest BCUT2D eigenvalue weighted by Crippen LogP contribution is -2.45. The van der Waals surface area contributed by atoms with Crippen LogP contribution in [0.5, 0.6) is 0 Å². The fourth-order valence-corrected chi connectivity index (χ4v) is 4.91. The van der Waals surface area contributed by atoms with Crippen LogP contribution in [0.25, 0.3) is 0 Å². The third kappa shape index (κ3) is 7.54. The van der Waals surface area contributed by atoms with E-state index in [1.165, 1.54) is 0 Å². The van der Waals surface area contributed by atoms with E-state index >= 15 is 0 Å². The van der Waals surface area contributed by atoms with Gasteiger partial charge in [0.05, 0.1) is 5.75 Å². The number of sulfone groups is 1. The minimum Gasteiger partial charge on any atom is -0.356 e. The number of amides is 2. The first-order valence-electron chi connectivity index (χ1n) is 9.81. The molecule has 2 amide bonds. The van der Waals surface area contributed by atoms with E-state index in [9.17, 15) is 18.0 Å². The van der Waals surface area contributed by atoms with Gasteiger partial charge in [-0.15, -0.1) is 0 Å². The predicted octanol–water partition coefficient (Wildman–Crippen LogP) is 2.91. The van der Waals surface area contributed by atoms with Crippen molar-refractivity contribution in [3.05, 3.63) is 34.3 Å². The van der Waals surface area contributed by atoms with E-state index in [4.69, 9.17) is 0 Å². The lowest BCUT2D eigenvalue weighted by atomic mass is 9.96. The highest BCUT2D eigenvalue weighted by Crippen LogP contribution is 2.19. The zero-order chi connectivity index (χ0) is 20.6. The number of piperidine rings is 1. The Morgan fingerprint density at radius 1 is 1.14 bits per heavy atom. The van der Waals surface area contributed by atoms with Crippen LogP contribution in [-0.2, 0) is 25.2 Å². The molecule has 0 aliphatic carbocycles. The average Bonchev–Trinajstić information content (AvgIpc) is 2.66. The van der Waals surface area contributed by atoms with Crippen molar-refractivity contribution in [1.82, 2.24) is 10.2 Å². The molecular formula is C20H29BrN2O4S. The highest BCUT2D eigenvalue weighted by Gasteiger charge is 2.29. The Balaban J connectivity index is 1.78. The van der Waals surface area contributed by atoms with E-state index in [1.807, 2.05) is 0 Å². The largest absolute Gasteiger partial charge is 0.356 e. The standard InChI is InChI=1S/C20H29BrN2O4S/c1-2-3-4-11-22-20(25)17-9-12-23(13-10-17)19(24)15-28(26,27)14-16-5-7-18(21)8-6-16/h5-8,17H,2-4,9-15H2,1H3,(H,22,25). The smallest absolute Gasteiger partial charge is 0.237 e. The predicted molar refractivity (Wildman–Crippen MR) is 113 cm³/mol. The summed E-state index contributed by atoms with van der Waals surface area (Å²) < 4.78 is 25.6. The van der Waals surface area contributed by atoms with Crippen LogP contribution < -0.4 is 5.32 Å². The molecule has 6 nitrogen and oxygen atoms in total. The second-order valence-corrected chi connectivity index (χ2v) is 10.3. The van der Waals surface area contributed by atoms with E-state index in [1.54, 1.807) is 29.2 Å². The quantitative estimate of drug-likeness (QED) is 0.559. The summed E-state index contributed by atoms with van der Waals surface area (Å²) in [4.78, 5) is 26.2. The van der Waals surface area contributed by atoms with E-state index in [-0.39, 0.29) is 23.5 Å². The summed E-state index contributed by atoms with van der Waals surface area (Å²) in [5.41, 5.74) is 0.662. The van der Waals surface area contributed by atoms with Gasteiger partial charge < -0.3 is 10.2 Å². The van der Waals surface area contributed by atoms with Crippen LogP contribution in [0.2, 0.25) is 0 Å². The number of hydrogen-bond donors (Lipinski definition) is 1. The maximum atomic E-state index is 12.4. The zero-order valence-electron chi connectivity index (χ0n) is 16.3. The van der Waals surface area contributed by atoms with Crippen molar-refractivity contribution < 1.29 is 18.0 Å². The van der Waals surface area contributed by atoms with Crippen LogP contribution in [0, 0.1) is 5.92 Å². The van der Waals surface area contributed by atoms with Gasteiger partial charge in [0, 0.05) is 30.0 Å². The fourth-order valence-electron chi connectivity index (χ4n) is 3.29. The van der Waals surface area contributed by atoms with Crippen LogP contribution >= 0.6 is 15.9 Å². The Kier molecular flexibility index (Phi) is 8.95. The number of nitrogens with one attached hydrogen (secondary N) is 1. The minimum atomic E-state index is -3.53. The number of carbonyl (C=O) groups is 2. The SMILES string of the molecule is CCCCCNC(=O)C1CCN(C(=O)CS(=O)(=O)Cc2ccc(Br)cc2)CC1. The van der Waals surface area contributed by atoms with Gasteiger partial charge in [-0.3, -0.25) is 9.59 Å². The first kappa shape index (κ1) is 22.9. The normalized spacial score (nSPS) is 15.4. The topological polar surface area (TPSA) is 83.6 Å². The fraction of sp³-hybridized carbons (Fsp3) is 0.600. The number of hydrogen-bond acceptors (Lipinski definition) is 4. The van der Waals surface area contributed by atoms with Gasteiger partial charge in [0.15, 0.2) is 9.84 Å². The van der Waals surface area contributed by atoms with Gasteiger partial charge in [-0.2, -0.15) is 0 Å². The number of unbranched alkanes of at least 4 members (excludes halogenated alkanes) is 2. The molecule has 1 aromatic carbocycles. The van der Waals surface area contributed by atoms with E-state index in [0.29, 0.717) is 38.0 Å². The van der Waals surface area contributed by atoms with Gasteiger partial charge in [-0.1, -0.05) is 47.8 Å². The maximum absolute atomic E-state index is 12.4. The third-order valence-electron chi connectivity index (χ3n) is 4.94. The summed E-state index contributed by atoms with van der Waals surface area (Å²) in [5.74, 6) is -1.06. The molecule has 2 rings (SSSR count). The molecule has 1 N–H and O–H groups in total. The molecule has 156 valence electrons. The van der Waals surface area contributed by atoms with Gasteiger partial charge >= 0.3 is 0 Å². The van der Waals surface area contributed by atoms with Crippen molar-refractivity contribution in [2.24, 2.45) is 5.92 Å².